The second-order valence-corrected chi connectivity index (χ2v) is 15.2. The molecule has 58 heavy (non-hydrogen) atoms. The van der Waals surface area contributed by atoms with Gasteiger partial charge in [0.15, 0.2) is 0 Å². The lowest BCUT2D eigenvalue weighted by atomic mass is 9.67. The summed E-state index contributed by atoms with van der Waals surface area (Å²) in [5, 5.41) is 4.37. The number of hydrogen-bond acceptors (Lipinski definition) is 3. The molecule has 0 fully saturated rings. The third-order valence-electron chi connectivity index (χ3n) is 12.2. The van der Waals surface area contributed by atoms with E-state index in [1.165, 1.54) is 33.4 Å². The van der Waals surface area contributed by atoms with Crippen molar-refractivity contribution in [1.82, 2.24) is 0 Å². The molecule has 2 heterocycles. The summed E-state index contributed by atoms with van der Waals surface area (Å²) in [4.78, 5) is 2.42. The molecule has 9 aromatic carbocycles. The number of rotatable bonds is 6. The molecule has 3 heteroatoms. The normalized spacial score (nSPS) is 13.0. The Hall–Kier alpha value is -7.62. The third kappa shape index (κ3) is 4.68. The predicted molar refractivity (Wildman–Crippen MR) is 238 cm³/mol. The Kier molecular flexibility index (Phi) is 7.14. The van der Waals surface area contributed by atoms with Crippen molar-refractivity contribution in [1.29, 1.82) is 0 Å². The summed E-state index contributed by atoms with van der Waals surface area (Å²) in [6.07, 6.45) is 0. The molecule has 1 aliphatic rings. The summed E-state index contributed by atoms with van der Waals surface area (Å²) in [5.41, 5.74) is 15.7. The lowest BCUT2D eigenvalue weighted by Gasteiger charge is -2.38. The Morgan fingerprint density at radius 2 is 0.897 bits per heavy atom. The Morgan fingerprint density at radius 1 is 0.345 bits per heavy atom. The van der Waals surface area contributed by atoms with Crippen LogP contribution in [0.1, 0.15) is 22.3 Å². The molecule has 0 saturated heterocycles. The zero-order chi connectivity index (χ0) is 38.2. The van der Waals surface area contributed by atoms with Crippen LogP contribution in [0.3, 0.4) is 0 Å². The van der Waals surface area contributed by atoms with E-state index >= 15 is 0 Å². The first kappa shape index (κ1) is 32.6. The number of anilines is 3. The van der Waals surface area contributed by atoms with Crippen LogP contribution in [0.2, 0.25) is 0 Å². The van der Waals surface area contributed by atoms with Crippen molar-refractivity contribution in [3.05, 3.63) is 235 Å². The van der Waals surface area contributed by atoms with Gasteiger partial charge in [-0.3, -0.25) is 0 Å². The van der Waals surface area contributed by atoms with Gasteiger partial charge in [-0.2, -0.15) is 0 Å². The van der Waals surface area contributed by atoms with Crippen LogP contribution >= 0.6 is 0 Å². The second kappa shape index (κ2) is 12.7. The Bertz CT molecular complexity index is 3310. The number of para-hydroxylation sites is 2. The summed E-state index contributed by atoms with van der Waals surface area (Å²) in [5.74, 6) is 0. The average Bonchev–Trinajstić information content (AvgIpc) is 3.95. The van der Waals surface area contributed by atoms with Crippen LogP contribution < -0.4 is 4.90 Å². The molecular weight excluding hydrogens is 707 g/mol. The maximum Gasteiger partial charge on any atom is 0.137 e. The molecule has 0 spiro atoms. The minimum atomic E-state index is -0.611. The number of furan rings is 2. The van der Waals surface area contributed by atoms with E-state index in [1.807, 2.05) is 12.1 Å². The molecule has 1 aliphatic carbocycles. The summed E-state index contributed by atoms with van der Waals surface area (Å²) >= 11 is 0. The standard InChI is InChI=1S/C55H35NO2/c1-3-16-36(17-4-1)40-23-15-29-52-54(40)45-34-38(31-33-51(45)57-52)56(39-30-32-44-43-22-9-14-28-50(43)58-53(44)35-39)49-27-13-12-26-48(49)55(37-18-5-2-6-19-37)46-24-10-7-20-41(46)42-21-8-11-25-47(42)55/h1-35H. The van der Waals surface area contributed by atoms with Gasteiger partial charge in [0.1, 0.15) is 22.3 Å². The predicted octanol–water partition coefficient (Wildman–Crippen LogP) is 15.0. The summed E-state index contributed by atoms with van der Waals surface area (Å²) in [6, 6.07) is 76.3. The molecular formula is C55H35NO2. The van der Waals surface area contributed by atoms with Gasteiger partial charge in [0.25, 0.3) is 0 Å². The maximum atomic E-state index is 6.58. The molecule has 2 aromatic heterocycles. The molecule has 272 valence electrons. The monoisotopic (exact) mass is 741 g/mol. The van der Waals surface area contributed by atoms with Crippen molar-refractivity contribution in [2.24, 2.45) is 0 Å². The Balaban J connectivity index is 1.18. The lowest BCUT2D eigenvalue weighted by molar-refractivity contribution is 0.668. The van der Waals surface area contributed by atoms with E-state index in [2.05, 4.69) is 205 Å². The minimum absolute atomic E-state index is 0.611. The fraction of sp³-hybridized carbons (Fsp3) is 0.0182. The molecule has 3 nitrogen and oxygen atoms in total. The van der Waals surface area contributed by atoms with Crippen molar-refractivity contribution in [3.63, 3.8) is 0 Å². The van der Waals surface area contributed by atoms with Gasteiger partial charge in [0.05, 0.1) is 11.1 Å². The van der Waals surface area contributed by atoms with Crippen molar-refractivity contribution < 1.29 is 8.83 Å². The zero-order valence-corrected chi connectivity index (χ0v) is 31.5. The molecule has 0 radical (unpaired) electrons. The fourth-order valence-electron chi connectivity index (χ4n) is 9.76. The van der Waals surface area contributed by atoms with Crippen molar-refractivity contribution in [2.45, 2.75) is 5.41 Å². The number of hydrogen-bond donors (Lipinski definition) is 0. The topological polar surface area (TPSA) is 29.5 Å². The van der Waals surface area contributed by atoms with Crippen LogP contribution in [-0.2, 0) is 5.41 Å². The Labute approximate surface area is 335 Å². The SMILES string of the molecule is c1ccc(-c2cccc3oc4ccc(N(c5ccc6c(c5)oc5ccccc56)c5ccccc5C5(c6ccccc6)c6ccccc6-c6ccccc65)cc4c23)cc1. The van der Waals surface area contributed by atoms with E-state index in [1.54, 1.807) is 0 Å². The van der Waals surface area contributed by atoms with Crippen molar-refractivity contribution in [3.8, 4) is 22.3 Å². The Morgan fingerprint density at radius 3 is 1.69 bits per heavy atom. The minimum Gasteiger partial charge on any atom is -0.456 e. The quantitative estimate of drug-likeness (QED) is 0.170. The van der Waals surface area contributed by atoms with E-state index < -0.39 is 5.41 Å². The smallest absolute Gasteiger partial charge is 0.137 e. The van der Waals surface area contributed by atoms with Crippen LogP contribution in [0.4, 0.5) is 17.1 Å². The van der Waals surface area contributed by atoms with Gasteiger partial charge in [0, 0.05) is 39.0 Å². The highest BCUT2D eigenvalue weighted by Gasteiger charge is 2.47. The molecule has 0 N–H and O–H groups in total. The zero-order valence-electron chi connectivity index (χ0n) is 31.5. The first-order valence-corrected chi connectivity index (χ1v) is 19.8. The lowest BCUT2D eigenvalue weighted by Crippen LogP contribution is -2.30. The number of benzene rings is 9. The van der Waals surface area contributed by atoms with Crippen LogP contribution in [0.25, 0.3) is 66.1 Å². The van der Waals surface area contributed by atoms with Crippen LogP contribution in [0.15, 0.2) is 221 Å². The first-order valence-electron chi connectivity index (χ1n) is 19.8. The van der Waals surface area contributed by atoms with E-state index in [9.17, 15) is 0 Å². The first-order chi connectivity index (χ1) is 28.8. The second-order valence-electron chi connectivity index (χ2n) is 15.2. The molecule has 0 atom stereocenters. The molecule has 0 bridgehead atoms. The highest BCUT2D eigenvalue weighted by molar-refractivity contribution is 6.14. The molecule has 0 amide bonds. The summed E-state index contributed by atoms with van der Waals surface area (Å²) in [7, 11) is 0. The van der Waals surface area contributed by atoms with Crippen LogP contribution in [0, 0.1) is 0 Å². The van der Waals surface area contributed by atoms with Crippen LogP contribution in [0.5, 0.6) is 0 Å². The molecule has 11 aromatic rings. The summed E-state index contributed by atoms with van der Waals surface area (Å²) < 4.78 is 13.1. The van der Waals surface area contributed by atoms with Gasteiger partial charge in [-0.25, -0.2) is 0 Å². The highest BCUT2D eigenvalue weighted by Crippen LogP contribution is 2.59. The van der Waals surface area contributed by atoms with Gasteiger partial charge in [-0.15, -0.1) is 0 Å². The molecule has 0 saturated carbocycles. The molecule has 0 aliphatic heterocycles. The van der Waals surface area contributed by atoms with Crippen molar-refractivity contribution in [2.75, 3.05) is 4.90 Å². The van der Waals surface area contributed by atoms with Gasteiger partial charge in [-0.1, -0.05) is 158 Å². The number of nitrogens with zero attached hydrogens (tertiary/aromatic N) is 1. The van der Waals surface area contributed by atoms with E-state index in [4.69, 9.17) is 8.83 Å². The largest absolute Gasteiger partial charge is 0.456 e. The van der Waals surface area contributed by atoms with E-state index in [-0.39, 0.29) is 0 Å². The van der Waals surface area contributed by atoms with Gasteiger partial charge in [0.2, 0.25) is 0 Å². The maximum absolute atomic E-state index is 6.58. The molecule has 0 unspecified atom stereocenters. The van der Waals surface area contributed by atoms with Crippen LogP contribution in [-0.4, -0.2) is 0 Å². The van der Waals surface area contributed by atoms with Crippen molar-refractivity contribution >= 4 is 60.9 Å². The van der Waals surface area contributed by atoms with E-state index in [0.29, 0.717) is 0 Å². The molecule has 12 rings (SSSR count). The third-order valence-corrected chi connectivity index (χ3v) is 12.2. The summed E-state index contributed by atoms with van der Waals surface area (Å²) in [6.45, 7) is 0. The highest BCUT2D eigenvalue weighted by atomic mass is 16.3. The van der Waals surface area contributed by atoms with E-state index in [0.717, 1.165) is 72.1 Å². The average molecular weight is 742 g/mol. The van der Waals surface area contributed by atoms with Gasteiger partial charge in [-0.05, 0) is 93.0 Å². The van der Waals surface area contributed by atoms with Gasteiger partial charge < -0.3 is 13.7 Å². The number of fused-ring (bicyclic) bond motifs is 9. The fourth-order valence-corrected chi connectivity index (χ4v) is 9.76. The van der Waals surface area contributed by atoms with Gasteiger partial charge >= 0.3 is 0 Å².